The van der Waals surface area contributed by atoms with E-state index in [0.717, 1.165) is 63.5 Å². The van der Waals surface area contributed by atoms with E-state index in [1.807, 2.05) is 0 Å². The molecule has 0 aliphatic heterocycles. The van der Waals surface area contributed by atoms with E-state index in [1.165, 1.54) is 6.42 Å². The lowest BCUT2D eigenvalue weighted by atomic mass is 9.81. The Morgan fingerprint density at radius 1 is 1.12 bits per heavy atom. The summed E-state index contributed by atoms with van der Waals surface area (Å²) in [6, 6.07) is 1.99. The number of carbonyl (C=O) groups excluding carboxylic acids is 2. The third kappa shape index (κ3) is 4.18. The van der Waals surface area contributed by atoms with Crippen molar-refractivity contribution in [2.24, 2.45) is 17.8 Å². The number of rotatable bonds is 6. The van der Waals surface area contributed by atoms with Gasteiger partial charge in [-0.1, -0.05) is 12.1 Å². The van der Waals surface area contributed by atoms with E-state index in [1.54, 1.807) is 6.07 Å². The van der Waals surface area contributed by atoms with E-state index in [2.05, 4.69) is 17.4 Å². The van der Waals surface area contributed by atoms with Gasteiger partial charge in [0.25, 0.3) is 5.91 Å². The van der Waals surface area contributed by atoms with Crippen molar-refractivity contribution in [2.45, 2.75) is 83.1 Å². The van der Waals surface area contributed by atoms with Crippen LogP contribution in [0.3, 0.4) is 0 Å². The van der Waals surface area contributed by atoms with Crippen LogP contribution in [0.15, 0.2) is 10.6 Å². The first kappa shape index (κ1) is 17.7. The van der Waals surface area contributed by atoms with Crippen LogP contribution in [-0.4, -0.2) is 22.9 Å². The summed E-state index contributed by atoms with van der Waals surface area (Å²) >= 11 is 0. The molecule has 26 heavy (non-hydrogen) atoms. The van der Waals surface area contributed by atoms with Gasteiger partial charge in [-0.2, -0.15) is 0 Å². The first-order valence-electron chi connectivity index (χ1n) is 10.4. The molecule has 1 aromatic heterocycles. The third-order valence-electron chi connectivity index (χ3n) is 6.56. The highest BCUT2D eigenvalue weighted by Gasteiger charge is 2.32. The van der Waals surface area contributed by atoms with Crippen LogP contribution in [0.5, 0.6) is 0 Å². The van der Waals surface area contributed by atoms with Crippen molar-refractivity contribution < 1.29 is 14.1 Å². The monoisotopic (exact) mass is 358 g/mol. The highest BCUT2D eigenvalue weighted by molar-refractivity contribution is 5.92. The zero-order valence-electron chi connectivity index (χ0n) is 15.7. The highest BCUT2D eigenvalue weighted by Crippen LogP contribution is 2.40. The van der Waals surface area contributed by atoms with Crippen LogP contribution in [0, 0.1) is 17.8 Å². The molecule has 0 aromatic carbocycles. The average molecular weight is 358 g/mol. The van der Waals surface area contributed by atoms with E-state index in [-0.39, 0.29) is 11.9 Å². The lowest BCUT2D eigenvalue weighted by molar-refractivity contribution is -0.124. The minimum Gasteiger partial charge on any atom is -0.360 e. The fourth-order valence-corrected chi connectivity index (χ4v) is 4.68. The Balaban J connectivity index is 1.20. The molecule has 0 saturated heterocycles. The summed E-state index contributed by atoms with van der Waals surface area (Å²) in [4.78, 5) is 24.8. The molecule has 0 bridgehead atoms. The van der Waals surface area contributed by atoms with E-state index in [9.17, 15) is 9.59 Å². The summed E-state index contributed by atoms with van der Waals surface area (Å²) in [5.41, 5.74) is 0.402. The Morgan fingerprint density at radius 3 is 2.54 bits per heavy atom. The summed E-state index contributed by atoms with van der Waals surface area (Å²) in [5, 5.41) is 7.01. The molecule has 4 rings (SSSR count). The number of ketones is 1. The van der Waals surface area contributed by atoms with Gasteiger partial charge in [0.2, 0.25) is 0 Å². The molecule has 0 radical (unpaired) electrons. The van der Waals surface area contributed by atoms with Crippen LogP contribution in [0.4, 0.5) is 0 Å². The fraction of sp³-hybridized carbons (Fsp3) is 0.762. The van der Waals surface area contributed by atoms with E-state index < -0.39 is 0 Å². The predicted molar refractivity (Wildman–Crippen MR) is 97.8 cm³/mol. The molecule has 142 valence electrons. The molecule has 1 amide bonds. The molecular formula is C21H30N2O3. The highest BCUT2D eigenvalue weighted by atomic mass is 16.5. The quantitative estimate of drug-likeness (QED) is 0.826. The molecule has 1 N–H and O–H groups in total. The molecule has 0 unspecified atom stereocenters. The second-order valence-electron chi connectivity index (χ2n) is 8.87. The molecule has 1 heterocycles. The van der Waals surface area contributed by atoms with Crippen molar-refractivity contribution in [3.05, 3.63) is 17.5 Å². The zero-order valence-corrected chi connectivity index (χ0v) is 15.7. The van der Waals surface area contributed by atoms with Crippen molar-refractivity contribution in [3.63, 3.8) is 0 Å². The molecule has 5 heteroatoms. The van der Waals surface area contributed by atoms with Crippen molar-refractivity contribution in [2.75, 3.05) is 0 Å². The maximum Gasteiger partial charge on any atom is 0.273 e. The van der Waals surface area contributed by atoms with Crippen LogP contribution >= 0.6 is 0 Å². The van der Waals surface area contributed by atoms with Crippen LogP contribution in [-0.2, 0) is 4.79 Å². The molecule has 3 saturated carbocycles. The van der Waals surface area contributed by atoms with Crippen LogP contribution < -0.4 is 5.32 Å². The summed E-state index contributed by atoms with van der Waals surface area (Å²) in [5.74, 6) is 3.21. The fourth-order valence-electron chi connectivity index (χ4n) is 4.68. The van der Waals surface area contributed by atoms with Gasteiger partial charge < -0.3 is 9.84 Å². The molecule has 3 aliphatic carbocycles. The van der Waals surface area contributed by atoms with Gasteiger partial charge in [-0.15, -0.1) is 0 Å². The Hall–Kier alpha value is -1.65. The van der Waals surface area contributed by atoms with Gasteiger partial charge in [0.05, 0.1) is 0 Å². The second-order valence-corrected chi connectivity index (χ2v) is 8.87. The number of nitrogens with one attached hydrogen (secondary N) is 1. The Morgan fingerprint density at radius 2 is 1.88 bits per heavy atom. The predicted octanol–water partition coefficient (Wildman–Crippen LogP) is 4.24. The maximum absolute atomic E-state index is 12.5. The van der Waals surface area contributed by atoms with Crippen LogP contribution in [0.2, 0.25) is 0 Å². The number of Topliss-reactive ketones (excluding diaryl/α,β-unsaturated/α-hetero) is 1. The lowest BCUT2D eigenvalue weighted by Crippen LogP contribution is -2.38. The van der Waals surface area contributed by atoms with Crippen LogP contribution in [0.1, 0.15) is 93.3 Å². The van der Waals surface area contributed by atoms with Gasteiger partial charge in [0.15, 0.2) is 5.69 Å². The van der Waals surface area contributed by atoms with Gasteiger partial charge in [0, 0.05) is 30.4 Å². The zero-order chi connectivity index (χ0) is 18.1. The van der Waals surface area contributed by atoms with Crippen molar-refractivity contribution in [1.29, 1.82) is 0 Å². The first-order chi connectivity index (χ1) is 12.6. The number of nitrogens with zero attached hydrogens (tertiary/aromatic N) is 1. The molecule has 5 nitrogen and oxygen atoms in total. The smallest absolute Gasteiger partial charge is 0.273 e. The van der Waals surface area contributed by atoms with E-state index in [4.69, 9.17) is 4.52 Å². The van der Waals surface area contributed by atoms with Crippen molar-refractivity contribution >= 4 is 11.7 Å². The summed E-state index contributed by atoms with van der Waals surface area (Å²) in [7, 11) is 0. The van der Waals surface area contributed by atoms with E-state index in [0.29, 0.717) is 35.1 Å². The summed E-state index contributed by atoms with van der Waals surface area (Å²) < 4.78 is 5.27. The maximum atomic E-state index is 12.5. The minimum absolute atomic E-state index is 0.125. The number of hydrogen-bond donors (Lipinski definition) is 1. The van der Waals surface area contributed by atoms with Crippen molar-refractivity contribution in [3.8, 4) is 0 Å². The van der Waals surface area contributed by atoms with Gasteiger partial charge in [-0.25, -0.2) is 0 Å². The Labute approximate surface area is 155 Å². The molecule has 2 atom stereocenters. The van der Waals surface area contributed by atoms with Gasteiger partial charge in [-0.05, 0) is 69.6 Å². The third-order valence-corrected chi connectivity index (χ3v) is 6.56. The Kier molecular flexibility index (Phi) is 5.14. The summed E-state index contributed by atoms with van der Waals surface area (Å²) in [6.45, 7) is 2.25. The normalized spacial score (nSPS) is 31.7. The number of carbonyl (C=O) groups is 2. The first-order valence-corrected chi connectivity index (χ1v) is 10.4. The molecule has 0 spiro atoms. The number of hydrogen-bond acceptors (Lipinski definition) is 4. The van der Waals surface area contributed by atoms with Gasteiger partial charge >= 0.3 is 0 Å². The van der Waals surface area contributed by atoms with Crippen LogP contribution in [0.25, 0.3) is 0 Å². The second kappa shape index (κ2) is 7.53. The van der Waals surface area contributed by atoms with Gasteiger partial charge in [-0.3, -0.25) is 9.59 Å². The largest absolute Gasteiger partial charge is 0.360 e. The molecule has 1 aromatic rings. The number of amides is 1. The molecule has 3 aliphatic rings. The Bertz CT molecular complexity index is 656. The van der Waals surface area contributed by atoms with Gasteiger partial charge in [0.1, 0.15) is 11.5 Å². The number of aromatic nitrogens is 1. The lowest BCUT2D eigenvalue weighted by Gasteiger charge is -2.29. The van der Waals surface area contributed by atoms with E-state index >= 15 is 0 Å². The SMILES string of the molecule is C[C@H]1CC[C@H](C(=O)CC2CCC(NC(=O)c3cc(C4CC4)on3)CC2)C1. The minimum atomic E-state index is -0.125. The topological polar surface area (TPSA) is 72.2 Å². The molecule has 3 fully saturated rings. The van der Waals surface area contributed by atoms with Crippen molar-refractivity contribution in [1.82, 2.24) is 10.5 Å². The molecular weight excluding hydrogens is 328 g/mol. The standard InChI is InChI=1S/C21H30N2O3/c1-13-2-5-16(10-13)19(24)11-14-3-8-17(9-4-14)22-21(25)18-12-20(26-23-18)15-6-7-15/h12-17H,2-11H2,1H3,(H,22,25)/t13-,14?,16-,17?/m0/s1. The summed E-state index contributed by atoms with van der Waals surface area (Å²) in [6.07, 6.45) is 10.4. The average Bonchev–Trinajstić information content (AvgIpc) is 3.19.